The van der Waals surface area contributed by atoms with Gasteiger partial charge in [0, 0.05) is 21.4 Å². The van der Waals surface area contributed by atoms with Crippen LogP contribution < -0.4 is 14.8 Å². The Morgan fingerprint density at radius 1 is 1.19 bits per heavy atom. The Bertz CT molecular complexity index is 958. The molecule has 0 saturated heterocycles. The first-order valence-corrected chi connectivity index (χ1v) is 10.4. The summed E-state index contributed by atoms with van der Waals surface area (Å²) in [6.45, 7) is 0. The van der Waals surface area contributed by atoms with E-state index >= 15 is 0 Å². The third-order valence-corrected chi connectivity index (χ3v) is 5.59. The molecule has 3 aromatic rings. The van der Waals surface area contributed by atoms with Gasteiger partial charge in [-0.15, -0.1) is 23.1 Å². The summed E-state index contributed by atoms with van der Waals surface area (Å²) in [7, 11) is 2.98. The topological polar surface area (TPSA) is 60.5 Å². The molecule has 1 heterocycles. The number of nitrogens with one attached hydrogen (secondary N) is 1. The number of carbonyl (C=O) groups excluding carboxylic acids is 1. The molecule has 3 rings (SSSR count). The number of carbonyl (C=O) groups is 1. The van der Waals surface area contributed by atoms with E-state index in [4.69, 9.17) is 21.1 Å². The van der Waals surface area contributed by atoms with Crippen LogP contribution in [0.4, 0.5) is 5.13 Å². The molecule has 0 spiro atoms. The van der Waals surface area contributed by atoms with E-state index in [2.05, 4.69) is 10.3 Å². The summed E-state index contributed by atoms with van der Waals surface area (Å²) in [5, 5.41) is 5.52. The van der Waals surface area contributed by atoms with Crippen molar-refractivity contribution < 1.29 is 14.3 Å². The first kappa shape index (κ1) is 19.5. The van der Waals surface area contributed by atoms with Gasteiger partial charge in [0.2, 0.25) is 0 Å². The van der Waals surface area contributed by atoms with E-state index in [0.29, 0.717) is 27.2 Å². The van der Waals surface area contributed by atoms with Gasteiger partial charge in [-0.2, -0.15) is 0 Å². The maximum atomic E-state index is 12.6. The number of thioether (sulfide) groups is 1. The molecule has 0 saturated carbocycles. The zero-order valence-electron chi connectivity index (χ0n) is 14.9. The Morgan fingerprint density at radius 2 is 1.93 bits per heavy atom. The smallest absolute Gasteiger partial charge is 0.257 e. The van der Waals surface area contributed by atoms with Gasteiger partial charge < -0.3 is 9.47 Å². The van der Waals surface area contributed by atoms with Gasteiger partial charge in [0.15, 0.2) is 16.6 Å². The molecular weight excluding hydrogens is 404 g/mol. The van der Waals surface area contributed by atoms with Crippen molar-refractivity contribution >= 4 is 45.7 Å². The maximum Gasteiger partial charge on any atom is 0.257 e. The molecule has 1 aromatic heterocycles. The van der Waals surface area contributed by atoms with E-state index in [9.17, 15) is 4.79 Å². The highest BCUT2D eigenvalue weighted by molar-refractivity contribution is 7.98. The van der Waals surface area contributed by atoms with Crippen LogP contribution in [-0.4, -0.2) is 31.4 Å². The second-order valence-corrected chi connectivity index (χ2v) is 7.56. The number of amides is 1. The fourth-order valence-corrected chi connectivity index (χ4v) is 3.85. The average molecular weight is 421 g/mol. The lowest BCUT2D eigenvalue weighted by molar-refractivity contribution is 0.102. The van der Waals surface area contributed by atoms with Crippen molar-refractivity contribution in [3.8, 4) is 22.8 Å². The van der Waals surface area contributed by atoms with Crippen molar-refractivity contribution in [2.45, 2.75) is 4.90 Å². The SMILES string of the molecule is COc1cc(C(=O)Nc2nc(-c3ccc(SC)cc3)cs2)cc(Cl)c1OC. The molecular formula is C19H17ClN2O3S2. The molecule has 27 heavy (non-hydrogen) atoms. The molecule has 0 aliphatic heterocycles. The van der Waals surface area contributed by atoms with Crippen LogP contribution in [0, 0.1) is 0 Å². The van der Waals surface area contributed by atoms with Crippen LogP contribution in [0.2, 0.25) is 5.02 Å². The molecule has 8 heteroatoms. The van der Waals surface area contributed by atoms with Gasteiger partial charge in [-0.3, -0.25) is 10.1 Å². The van der Waals surface area contributed by atoms with E-state index in [1.54, 1.807) is 17.8 Å². The van der Waals surface area contributed by atoms with Gasteiger partial charge in [-0.05, 0) is 30.5 Å². The Morgan fingerprint density at radius 3 is 2.56 bits per heavy atom. The summed E-state index contributed by atoms with van der Waals surface area (Å²) >= 11 is 9.22. The fraction of sp³-hybridized carbons (Fsp3) is 0.158. The highest BCUT2D eigenvalue weighted by Crippen LogP contribution is 2.36. The number of rotatable bonds is 6. The van der Waals surface area contributed by atoms with Gasteiger partial charge in [-0.1, -0.05) is 23.7 Å². The number of methoxy groups -OCH3 is 2. The number of benzene rings is 2. The van der Waals surface area contributed by atoms with Crippen LogP contribution in [0.1, 0.15) is 10.4 Å². The quantitative estimate of drug-likeness (QED) is 0.537. The molecule has 0 aliphatic rings. The lowest BCUT2D eigenvalue weighted by Gasteiger charge is -2.11. The molecule has 0 radical (unpaired) electrons. The van der Waals surface area contributed by atoms with Gasteiger partial charge >= 0.3 is 0 Å². The third-order valence-electron chi connectivity index (χ3n) is 3.81. The zero-order chi connectivity index (χ0) is 19.4. The second kappa shape index (κ2) is 8.65. The zero-order valence-corrected chi connectivity index (χ0v) is 17.3. The summed E-state index contributed by atoms with van der Waals surface area (Å²) in [5.74, 6) is 0.460. The van der Waals surface area contributed by atoms with Crippen LogP contribution in [0.3, 0.4) is 0 Å². The van der Waals surface area contributed by atoms with Crippen LogP contribution in [-0.2, 0) is 0 Å². The van der Waals surface area contributed by atoms with Gasteiger partial charge in [-0.25, -0.2) is 4.98 Å². The van der Waals surface area contributed by atoms with Gasteiger partial charge in [0.05, 0.1) is 24.9 Å². The molecule has 1 N–H and O–H groups in total. The number of aromatic nitrogens is 1. The maximum absolute atomic E-state index is 12.6. The predicted molar refractivity (Wildman–Crippen MR) is 112 cm³/mol. The Balaban J connectivity index is 1.79. The molecule has 1 amide bonds. The average Bonchev–Trinajstić information content (AvgIpc) is 3.15. The van der Waals surface area contributed by atoms with Gasteiger partial charge in [0.1, 0.15) is 0 Å². The highest BCUT2D eigenvalue weighted by atomic mass is 35.5. The van der Waals surface area contributed by atoms with Crippen molar-refractivity contribution in [3.63, 3.8) is 0 Å². The fourth-order valence-electron chi connectivity index (χ4n) is 2.44. The number of nitrogens with zero attached hydrogens (tertiary/aromatic N) is 1. The van der Waals surface area contributed by atoms with Gasteiger partial charge in [0.25, 0.3) is 5.91 Å². The van der Waals surface area contributed by atoms with Crippen molar-refractivity contribution in [3.05, 3.63) is 52.4 Å². The van der Waals surface area contributed by atoms with E-state index in [1.807, 2.05) is 35.9 Å². The lowest BCUT2D eigenvalue weighted by Crippen LogP contribution is -2.12. The Hall–Kier alpha value is -2.22. The standard InChI is InChI=1S/C19H17ClN2O3S2/c1-24-16-9-12(8-14(20)17(16)25-2)18(23)22-19-21-15(10-27-19)11-4-6-13(26-3)7-5-11/h4-10H,1-3H3,(H,21,22,23). The lowest BCUT2D eigenvalue weighted by atomic mass is 10.2. The highest BCUT2D eigenvalue weighted by Gasteiger charge is 2.16. The molecule has 0 unspecified atom stereocenters. The number of halogens is 1. The first-order chi connectivity index (χ1) is 13.0. The second-order valence-electron chi connectivity index (χ2n) is 5.41. The number of hydrogen-bond donors (Lipinski definition) is 1. The first-order valence-electron chi connectivity index (χ1n) is 7.88. The molecule has 140 valence electrons. The number of thiazole rings is 1. The van der Waals surface area contributed by atoms with Crippen LogP contribution in [0.5, 0.6) is 11.5 Å². The minimum Gasteiger partial charge on any atom is -0.493 e. The number of ether oxygens (including phenoxy) is 2. The number of anilines is 1. The van der Waals surface area contributed by atoms with Crippen LogP contribution in [0.25, 0.3) is 11.3 Å². The predicted octanol–water partition coefficient (Wildman–Crippen LogP) is 5.45. The third kappa shape index (κ3) is 4.37. The molecule has 0 bridgehead atoms. The van der Waals surface area contributed by atoms with E-state index in [1.165, 1.54) is 36.5 Å². The summed E-state index contributed by atoms with van der Waals surface area (Å²) in [5.41, 5.74) is 2.17. The minimum absolute atomic E-state index is 0.302. The summed E-state index contributed by atoms with van der Waals surface area (Å²) in [6.07, 6.45) is 2.03. The van der Waals surface area contributed by atoms with E-state index < -0.39 is 0 Å². The van der Waals surface area contributed by atoms with Crippen molar-refractivity contribution in [2.75, 3.05) is 25.8 Å². The van der Waals surface area contributed by atoms with Crippen molar-refractivity contribution in [2.24, 2.45) is 0 Å². The van der Waals surface area contributed by atoms with E-state index in [-0.39, 0.29) is 5.91 Å². The van der Waals surface area contributed by atoms with E-state index in [0.717, 1.165) is 11.3 Å². The monoisotopic (exact) mass is 420 g/mol. The van der Waals surface area contributed by atoms with Crippen LogP contribution in [0.15, 0.2) is 46.7 Å². The summed E-state index contributed by atoms with van der Waals surface area (Å²) < 4.78 is 10.4. The molecule has 0 atom stereocenters. The van der Waals surface area contributed by atoms with Crippen molar-refractivity contribution in [1.29, 1.82) is 0 Å². The molecule has 0 fully saturated rings. The Labute approximate surface area is 170 Å². The largest absolute Gasteiger partial charge is 0.493 e. The number of hydrogen-bond acceptors (Lipinski definition) is 6. The molecule has 2 aromatic carbocycles. The van der Waals surface area contributed by atoms with Crippen molar-refractivity contribution in [1.82, 2.24) is 4.98 Å². The normalized spacial score (nSPS) is 10.5. The summed E-state index contributed by atoms with van der Waals surface area (Å²) in [4.78, 5) is 18.2. The molecule has 0 aliphatic carbocycles. The minimum atomic E-state index is -0.323. The Kier molecular flexibility index (Phi) is 6.26. The summed E-state index contributed by atoms with van der Waals surface area (Å²) in [6, 6.07) is 11.2. The molecule has 5 nitrogen and oxygen atoms in total. The van der Waals surface area contributed by atoms with Crippen LogP contribution >= 0.6 is 34.7 Å².